The van der Waals surface area contributed by atoms with Crippen molar-refractivity contribution in [3.63, 3.8) is 0 Å². The van der Waals surface area contributed by atoms with E-state index < -0.39 is 0 Å². The summed E-state index contributed by atoms with van der Waals surface area (Å²) in [6.45, 7) is 2.31. The fourth-order valence-electron chi connectivity index (χ4n) is 3.22. The number of benzene rings is 2. The van der Waals surface area contributed by atoms with Gasteiger partial charge in [0.15, 0.2) is 0 Å². The maximum absolute atomic E-state index is 12.8. The molecule has 1 aliphatic heterocycles. The molecule has 0 aromatic heterocycles. The summed E-state index contributed by atoms with van der Waals surface area (Å²) in [6.07, 6.45) is 3.87. The summed E-state index contributed by atoms with van der Waals surface area (Å²) in [5.41, 5.74) is 2.02. The van der Waals surface area contributed by atoms with E-state index in [4.69, 9.17) is 16.3 Å². The number of hydrogen-bond donors (Lipinski definition) is 0. The van der Waals surface area contributed by atoms with Crippen molar-refractivity contribution in [2.24, 2.45) is 0 Å². The zero-order valence-electron chi connectivity index (χ0n) is 16.0. The van der Waals surface area contributed by atoms with E-state index in [0.717, 1.165) is 11.1 Å². The van der Waals surface area contributed by atoms with E-state index in [0.29, 0.717) is 23.9 Å². The number of amides is 2. The number of rotatable bonds is 6. The fourth-order valence-corrected chi connectivity index (χ4v) is 3.40. The van der Waals surface area contributed by atoms with Crippen LogP contribution in [0.2, 0.25) is 5.02 Å². The van der Waals surface area contributed by atoms with Crippen molar-refractivity contribution in [2.75, 3.05) is 20.2 Å². The van der Waals surface area contributed by atoms with Crippen LogP contribution in [0.5, 0.6) is 5.75 Å². The molecule has 2 aromatic carbocycles. The van der Waals surface area contributed by atoms with Gasteiger partial charge in [-0.25, -0.2) is 0 Å². The van der Waals surface area contributed by atoms with E-state index >= 15 is 0 Å². The molecule has 0 bridgehead atoms. The quantitative estimate of drug-likeness (QED) is 0.734. The molecule has 1 heterocycles. The van der Waals surface area contributed by atoms with E-state index in [1.165, 1.54) is 6.92 Å². The lowest BCUT2D eigenvalue weighted by atomic mass is 9.93. The van der Waals surface area contributed by atoms with Gasteiger partial charge in [-0.05, 0) is 35.4 Å². The number of carbonyl (C=O) groups is 2. The first-order valence-electron chi connectivity index (χ1n) is 9.14. The Labute approximate surface area is 170 Å². The fraction of sp³-hybridized carbons (Fsp3) is 0.273. The lowest BCUT2D eigenvalue weighted by Crippen LogP contribution is -2.37. The van der Waals surface area contributed by atoms with Gasteiger partial charge in [-0.15, -0.1) is 0 Å². The summed E-state index contributed by atoms with van der Waals surface area (Å²) >= 11 is 5.94. The number of fused-ring (bicyclic) bond motifs is 1. The third kappa shape index (κ3) is 4.73. The lowest BCUT2D eigenvalue weighted by Gasteiger charge is -2.33. The second-order valence-electron chi connectivity index (χ2n) is 6.71. The summed E-state index contributed by atoms with van der Waals surface area (Å²) in [4.78, 5) is 28.1. The summed E-state index contributed by atoms with van der Waals surface area (Å²) in [5, 5.41) is 0.607. The SMILES string of the molecule is CC(=O)N1C=Cc2ccccc2[C@@H]1CC(=O)N(C)CCOc1cccc(Cl)c1. The molecule has 146 valence electrons. The molecule has 0 spiro atoms. The van der Waals surface area contributed by atoms with Gasteiger partial charge in [-0.3, -0.25) is 9.59 Å². The molecule has 0 radical (unpaired) electrons. The largest absolute Gasteiger partial charge is 0.492 e. The summed E-state index contributed by atoms with van der Waals surface area (Å²) < 4.78 is 5.66. The van der Waals surface area contributed by atoms with Crippen molar-refractivity contribution >= 4 is 29.5 Å². The highest BCUT2D eigenvalue weighted by atomic mass is 35.5. The molecule has 2 amide bonds. The number of hydrogen-bond acceptors (Lipinski definition) is 3. The van der Waals surface area contributed by atoms with Crippen LogP contribution in [0.3, 0.4) is 0 Å². The van der Waals surface area contributed by atoms with Crippen LogP contribution in [-0.2, 0) is 9.59 Å². The Kier molecular flexibility index (Phi) is 6.37. The molecule has 0 saturated heterocycles. The van der Waals surface area contributed by atoms with Crippen molar-refractivity contribution in [1.29, 1.82) is 0 Å². The highest BCUT2D eigenvalue weighted by Crippen LogP contribution is 2.33. The van der Waals surface area contributed by atoms with Gasteiger partial charge in [0, 0.05) is 25.2 Å². The molecular weight excluding hydrogens is 376 g/mol. The third-order valence-corrected chi connectivity index (χ3v) is 4.99. The minimum atomic E-state index is -0.303. The molecule has 6 heteroatoms. The number of carbonyl (C=O) groups excluding carboxylic acids is 2. The van der Waals surface area contributed by atoms with Crippen LogP contribution in [0.15, 0.2) is 54.7 Å². The van der Waals surface area contributed by atoms with Gasteiger partial charge in [-0.2, -0.15) is 0 Å². The number of nitrogens with zero attached hydrogens (tertiary/aromatic N) is 2. The minimum Gasteiger partial charge on any atom is -0.492 e. The monoisotopic (exact) mass is 398 g/mol. The molecule has 0 aliphatic carbocycles. The molecular formula is C22H23ClN2O3. The molecule has 2 aromatic rings. The van der Waals surface area contributed by atoms with Crippen LogP contribution in [0.1, 0.15) is 30.5 Å². The Morgan fingerprint density at radius 3 is 2.71 bits per heavy atom. The molecule has 28 heavy (non-hydrogen) atoms. The van der Waals surface area contributed by atoms with Gasteiger partial charge < -0.3 is 14.5 Å². The van der Waals surface area contributed by atoms with Crippen LogP contribution in [0.4, 0.5) is 0 Å². The van der Waals surface area contributed by atoms with Gasteiger partial charge in [0.1, 0.15) is 12.4 Å². The van der Waals surface area contributed by atoms with Crippen LogP contribution >= 0.6 is 11.6 Å². The Hall–Kier alpha value is -2.79. The summed E-state index contributed by atoms with van der Waals surface area (Å²) in [5.74, 6) is 0.536. The van der Waals surface area contributed by atoms with Gasteiger partial charge >= 0.3 is 0 Å². The van der Waals surface area contributed by atoms with E-state index in [2.05, 4.69) is 0 Å². The predicted molar refractivity (Wildman–Crippen MR) is 110 cm³/mol. The van der Waals surface area contributed by atoms with Crippen molar-refractivity contribution < 1.29 is 14.3 Å². The molecule has 0 fully saturated rings. The zero-order chi connectivity index (χ0) is 20.1. The highest BCUT2D eigenvalue weighted by molar-refractivity contribution is 6.30. The molecule has 1 aliphatic rings. The Balaban J connectivity index is 1.62. The van der Waals surface area contributed by atoms with Crippen molar-refractivity contribution in [2.45, 2.75) is 19.4 Å². The van der Waals surface area contributed by atoms with Crippen LogP contribution < -0.4 is 4.74 Å². The van der Waals surface area contributed by atoms with E-state index in [-0.39, 0.29) is 24.3 Å². The Morgan fingerprint density at radius 2 is 1.96 bits per heavy atom. The Morgan fingerprint density at radius 1 is 1.18 bits per heavy atom. The predicted octanol–water partition coefficient (Wildman–Crippen LogP) is 4.14. The van der Waals surface area contributed by atoms with Crippen molar-refractivity contribution in [1.82, 2.24) is 9.80 Å². The van der Waals surface area contributed by atoms with Crippen LogP contribution in [-0.4, -0.2) is 41.8 Å². The van der Waals surface area contributed by atoms with Gasteiger partial charge in [0.2, 0.25) is 11.8 Å². The first kappa shape index (κ1) is 20.0. The van der Waals surface area contributed by atoms with E-state index in [1.807, 2.05) is 42.5 Å². The minimum absolute atomic E-state index is 0.0453. The second-order valence-corrected chi connectivity index (χ2v) is 7.15. The normalized spacial score (nSPS) is 15.1. The van der Waals surface area contributed by atoms with E-state index in [1.54, 1.807) is 35.2 Å². The first-order valence-corrected chi connectivity index (χ1v) is 9.52. The van der Waals surface area contributed by atoms with Gasteiger partial charge in [-0.1, -0.05) is 41.9 Å². The molecule has 0 unspecified atom stereocenters. The van der Waals surface area contributed by atoms with Gasteiger partial charge in [0.05, 0.1) is 19.0 Å². The first-order chi connectivity index (χ1) is 13.5. The summed E-state index contributed by atoms with van der Waals surface area (Å²) in [7, 11) is 1.74. The number of ether oxygens (including phenoxy) is 1. The smallest absolute Gasteiger partial charge is 0.224 e. The number of halogens is 1. The lowest BCUT2D eigenvalue weighted by molar-refractivity contribution is -0.134. The maximum atomic E-state index is 12.8. The average molecular weight is 399 g/mol. The molecule has 5 nitrogen and oxygen atoms in total. The molecule has 0 saturated carbocycles. The standard InChI is InChI=1S/C22H23ClN2O3/c1-16(26)25-11-10-17-6-3-4-9-20(17)21(25)15-22(27)24(2)12-13-28-19-8-5-7-18(23)14-19/h3-11,14,21H,12-13,15H2,1-2H3/t21-/m0/s1. The van der Waals surface area contributed by atoms with Crippen molar-refractivity contribution in [3.05, 3.63) is 70.9 Å². The second kappa shape index (κ2) is 8.93. The molecule has 1 atom stereocenters. The maximum Gasteiger partial charge on any atom is 0.224 e. The van der Waals surface area contributed by atoms with Gasteiger partial charge in [0.25, 0.3) is 0 Å². The average Bonchev–Trinajstić information content (AvgIpc) is 2.68. The van der Waals surface area contributed by atoms with E-state index in [9.17, 15) is 9.59 Å². The van der Waals surface area contributed by atoms with Crippen LogP contribution in [0, 0.1) is 0 Å². The van der Waals surface area contributed by atoms with Crippen molar-refractivity contribution in [3.8, 4) is 5.75 Å². The third-order valence-electron chi connectivity index (χ3n) is 4.75. The highest BCUT2D eigenvalue weighted by Gasteiger charge is 2.29. The molecule has 3 rings (SSSR count). The zero-order valence-corrected chi connectivity index (χ0v) is 16.7. The molecule has 0 N–H and O–H groups in total. The Bertz CT molecular complexity index is 897. The number of likely N-dealkylation sites (N-methyl/N-ethyl adjacent to an activating group) is 1. The van der Waals surface area contributed by atoms with Crippen LogP contribution in [0.25, 0.3) is 6.08 Å². The summed E-state index contributed by atoms with van der Waals surface area (Å²) in [6, 6.07) is 14.7. The topological polar surface area (TPSA) is 49.9 Å².